The van der Waals surface area contributed by atoms with Crippen LogP contribution < -0.4 is 10.9 Å². The number of nitrogens with one attached hydrogen (secondary N) is 1. The summed E-state index contributed by atoms with van der Waals surface area (Å²) in [5, 5.41) is 12.2. The molecule has 2 amide bonds. The summed E-state index contributed by atoms with van der Waals surface area (Å²) in [4.78, 5) is 39.7. The number of imidazole rings is 1. The fraction of sp³-hybridized carbons (Fsp3) is 0.233. The molecule has 3 rings (SSSR count). The van der Waals surface area contributed by atoms with Crippen LogP contribution in [-0.4, -0.2) is 27.7 Å². The Balaban J connectivity index is 0.000000469. The second-order valence-corrected chi connectivity index (χ2v) is 9.85. The van der Waals surface area contributed by atoms with E-state index in [0.29, 0.717) is 36.3 Å². The number of carbonyl (C=O) groups excluding carboxylic acids is 3. The molecule has 0 radical (unpaired) electrons. The number of nitrogens with zero attached hydrogens (tertiary/aromatic N) is 4. The van der Waals surface area contributed by atoms with E-state index in [2.05, 4.69) is 23.5 Å². The maximum absolute atomic E-state index is 13.5. The third-order valence-corrected chi connectivity index (χ3v) is 6.55. The Kier molecular flexibility index (Phi) is 11.7. The normalized spacial score (nSPS) is 12.6. The molecule has 0 saturated heterocycles. The number of hydrogen-bond donors (Lipinski definition) is 1. The van der Waals surface area contributed by atoms with E-state index < -0.39 is 29.2 Å². The maximum atomic E-state index is 13.5. The summed E-state index contributed by atoms with van der Waals surface area (Å²) in [7, 11) is 1.59. The van der Waals surface area contributed by atoms with Crippen LogP contribution in [0.2, 0.25) is 0 Å². The highest BCUT2D eigenvalue weighted by Crippen LogP contribution is 2.34. The van der Waals surface area contributed by atoms with Gasteiger partial charge in [0.25, 0.3) is 0 Å². The molecule has 0 fully saturated rings. The Morgan fingerprint density at radius 3 is 2.32 bits per heavy atom. The second kappa shape index (κ2) is 14.6. The number of aromatic nitrogens is 2. The average molecular weight is 636 g/mol. The molecule has 44 heavy (non-hydrogen) atoms. The first-order chi connectivity index (χ1) is 20.5. The number of nitriles is 1. The third-order valence-electron chi connectivity index (χ3n) is 6.35. The van der Waals surface area contributed by atoms with E-state index in [1.54, 1.807) is 11.6 Å². The Hall–Kier alpha value is -4.83. The Morgan fingerprint density at radius 2 is 1.86 bits per heavy atom. The third kappa shape index (κ3) is 7.76. The van der Waals surface area contributed by atoms with Gasteiger partial charge >= 0.3 is 6.18 Å². The number of aryl methyl sites for hydroxylation is 2. The van der Waals surface area contributed by atoms with Gasteiger partial charge in [0.2, 0.25) is 18.4 Å². The maximum Gasteiger partial charge on any atom is 0.416 e. The van der Waals surface area contributed by atoms with Gasteiger partial charge in [0.15, 0.2) is 5.78 Å². The molecule has 0 bridgehead atoms. The van der Waals surface area contributed by atoms with Gasteiger partial charge < -0.3 is 14.5 Å². The fourth-order valence-electron chi connectivity index (χ4n) is 4.34. The summed E-state index contributed by atoms with van der Waals surface area (Å²) in [6.45, 7) is 11.8. The number of halogens is 6. The number of hydrogen-bond acceptors (Lipinski definition) is 4. The lowest BCUT2D eigenvalue weighted by Gasteiger charge is -2.15. The zero-order chi connectivity index (χ0) is 33.5. The molecule has 1 unspecified atom stereocenters. The van der Waals surface area contributed by atoms with Crippen LogP contribution in [0.15, 0.2) is 64.9 Å². The largest absolute Gasteiger partial charge is 0.416 e. The van der Waals surface area contributed by atoms with Crippen molar-refractivity contribution in [3.8, 4) is 6.07 Å². The van der Waals surface area contributed by atoms with Crippen molar-refractivity contribution in [2.75, 3.05) is 5.32 Å². The molecule has 0 saturated carbocycles. The van der Waals surface area contributed by atoms with Crippen LogP contribution in [0.1, 0.15) is 53.4 Å². The van der Waals surface area contributed by atoms with Gasteiger partial charge in [-0.15, -0.1) is 0 Å². The number of rotatable bonds is 9. The lowest BCUT2D eigenvalue weighted by molar-refractivity contribution is -0.137. The van der Waals surface area contributed by atoms with Crippen LogP contribution in [0.25, 0.3) is 11.0 Å². The topological polar surface area (TPSA) is 109 Å². The minimum atomic E-state index is -4.47. The second-order valence-electron chi connectivity index (χ2n) is 9.39. The number of carbonyl (C=O) groups is 3. The molecule has 1 N–H and O–H groups in total. The van der Waals surface area contributed by atoms with Crippen molar-refractivity contribution in [2.24, 2.45) is 12.0 Å². The molecule has 1 heterocycles. The number of allylic oxidation sites excluding steroid dienone is 4. The zero-order valence-electron chi connectivity index (χ0n) is 24.0. The van der Waals surface area contributed by atoms with Gasteiger partial charge in [0, 0.05) is 23.7 Å². The van der Waals surface area contributed by atoms with Gasteiger partial charge in [-0.05, 0) is 56.2 Å². The monoisotopic (exact) mass is 635 g/mol. The molecule has 3 aromatic rings. The lowest BCUT2D eigenvalue weighted by Crippen LogP contribution is -2.26. The van der Waals surface area contributed by atoms with Gasteiger partial charge in [-0.1, -0.05) is 31.7 Å². The molecule has 0 aliphatic rings. The summed E-state index contributed by atoms with van der Waals surface area (Å²) in [6.07, 6.45) is -2.28. The van der Waals surface area contributed by atoms with Crippen LogP contribution in [0.5, 0.6) is 0 Å². The Morgan fingerprint density at radius 1 is 1.23 bits per heavy atom. The molecule has 1 aromatic heterocycles. The lowest BCUT2D eigenvalue weighted by atomic mass is 9.94. The molecular formula is C30H27ClF5N5O3. The van der Waals surface area contributed by atoms with E-state index in [4.69, 9.17) is 11.6 Å². The fourth-order valence-corrected chi connectivity index (χ4v) is 4.48. The number of anilines is 1. The predicted octanol–water partition coefficient (Wildman–Crippen LogP) is 6.95. The van der Waals surface area contributed by atoms with E-state index in [1.807, 2.05) is 19.9 Å². The number of fused-ring (bicyclic) bond motifs is 1. The average Bonchev–Trinajstić information content (AvgIpc) is 3.20. The molecule has 14 heteroatoms. The van der Waals surface area contributed by atoms with Crippen LogP contribution in [-0.2, 0) is 22.8 Å². The van der Waals surface area contributed by atoms with E-state index in [1.165, 1.54) is 17.6 Å². The summed E-state index contributed by atoms with van der Waals surface area (Å²) < 4.78 is 65.1. The predicted molar refractivity (Wildman–Crippen MR) is 156 cm³/mol. The molecule has 0 aliphatic heterocycles. The number of benzene rings is 2. The number of alkyl halides is 3. The summed E-state index contributed by atoms with van der Waals surface area (Å²) in [6, 6.07) is 5.78. The molecule has 232 valence electrons. The van der Waals surface area contributed by atoms with Crippen molar-refractivity contribution >= 4 is 46.9 Å². The van der Waals surface area contributed by atoms with Crippen molar-refractivity contribution in [1.29, 1.82) is 5.26 Å². The van der Waals surface area contributed by atoms with Gasteiger partial charge in [0.1, 0.15) is 17.7 Å². The summed E-state index contributed by atoms with van der Waals surface area (Å²) >= 11 is 5.91. The Bertz CT molecular complexity index is 1780. The SMILES string of the molecule is C=C(F)/C=C(\C(=C)Cl)C(=O)c1c(NC=O)cc2c(c1C#N)n(C)c(=NC=O)n2C(C)CC.Cc1cc(F)cc(C(F)(F)F)c1. The first kappa shape index (κ1) is 35.4. The van der Waals surface area contributed by atoms with E-state index in [9.17, 15) is 41.6 Å². The van der Waals surface area contributed by atoms with Crippen molar-refractivity contribution in [1.82, 2.24) is 9.13 Å². The number of Topliss-reactive ketones (excluding diaryl/α,β-unsaturated/α-hetero) is 1. The quantitative estimate of drug-likeness (QED) is 0.0903. The van der Waals surface area contributed by atoms with Crippen LogP contribution in [0.3, 0.4) is 0 Å². The minimum Gasteiger partial charge on any atom is -0.328 e. The van der Waals surface area contributed by atoms with Crippen molar-refractivity contribution in [3.63, 3.8) is 0 Å². The highest BCUT2D eigenvalue weighted by atomic mass is 35.5. The highest BCUT2D eigenvalue weighted by molar-refractivity contribution is 6.37. The molecular weight excluding hydrogens is 609 g/mol. The smallest absolute Gasteiger partial charge is 0.328 e. The first-order valence-corrected chi connectivity index (χ1v) is 13.1. The van der Waals surface area contributed by atoms with Gasteiger partial charge in [-0.2, -0.15) is 23.4 Å². The van der Waals surface area contributed by atoms with E-state index in [-0.39, 0.29) is 44.6 Å². The summed E-state index contributed by atoms with van der Waals surface area (Å²) in [5.74, 6) is -2.64. The van der Waals surface area contributed by atoms with Gasteiger partial charge in [-0.3, -0.25) is 14.4 Å². The van der Waals surface area contributed by atoms with Crippen LogP contribution in [0, 0.1) is 24.1 Å². The standard InChI is InChI=1S/C22H21ClFN5O3.C8H6F4/c1-6-13(3)29-18-8-17(26-10-30)19(21(32)15(14(4)23)7-12(2)24)16(9-25)20(18)28(5)22(29)27-11-31;1-5-2-6(8(10,11)12)4-7(9)3-5/h7-8,10-11,13H,2,4,6H2,1,3,5H3,(H,26,30);2-4H,1H3/b15-7+,27-22?;. The van der Waals surface area contributed by atoms with Crippen molar-refractivity contribution in [2.45, 2.75) is 39.4 Å². The molecule has 1 atom stereocenters. The van der Waals surface area contributed by atoms with E-state index >= 15 is 0 Å². The minimum absolute atomic E-state index is 0.00245. The first-order valence-electron chi connectivity index (χ1n) is 12.7. The van der Waals surface area contributed by atoms with Crippen molar-refractivity contribution in [3.05, 3.63) is 93.6 Å². The van der Waals surface area contributed by atoms with Gasteiger partial charge in [0.05, 0.1) is 33.4 Å². The Labute approximate surface area is 254 Å². The van der Waals surface area contributed by atoms with Crippen LogP contribution in [0.4, 0.5) is 27.6 Å². The number of amides is 2. The molecule has 0 aliphatic carbocycles. The molecule has 2 aromatic carbocycles. The molecule has 8 nitrogen and oxygen atoms in total. The van der Waals surface area contributed by atoms with E-state index in [0.717, 1.165) is 18.2 Å². The van der Waals surface area contributed by atoms with Crippen LogP contribution >= 0.6 is 11.6 Å². The van der Waals surface area contributed by atoms with Crippen molar-refractivity contribution < 1.29 is 36.3 Å². The molecule has 0 spiro atoms. The highest BCUT2D eigenvalue weighted by Gasteiger charge is 2.31. The number of ketones is 1. The summed E-state index contributed by atoms with van der Waals surface area (Å²) in [5.41, 5.74) is -0.322. The zero-order valence-corrected chi connectivity index (χ0v) is 24.8. The van der Waals surface area contributed by atoms with Gasteiger partial charge in [-0.25, -0.2) is 8.78 Å².